The molecule has 0 aromatic carbocycles. The van der Waals surface area contributed by atoms with Gasteiger partial charge in [0.05, 0.1) is 13.2 Å². The van der Waals surface area contributed by atoms with E-state index >= 15 is 0 Å². The van der Waals surface area contributed by atoms with Crippen LogP contribution in [0, 0.1) is 0 Å². The van der Waals surface area contributed by atoms with Crippen LogP contribution in [0.5, 0.6) is 0 Å². The van der Waals surface area contributed by atoms with Crippen molar-refractivity contribution in [3.05, 3.63) is 23.2 Å². The van der Waals surface area contributed by atoms with E-state index in [9.17, 15) is 9.67 Å². The number of allylic oxidation sites excluding steroid dienone is 3. The molecule has 0 saturated carbocycles. The predicted molar refractivity (Wildman–Crippen MR) is 58.9 cm³/mol. The number of aliphatic hydroxyl groups is 1. The van der Waals surface area contributed by atoms with Crippen LogP contribution in [-0.2, 0) is 13.6 Å². The zero-order chi connectivity index (χ0) is 11.3. The van der Waals surface area contributed by atoms with Crippen LogP contribution in [0.15, 0.2) is 23.2 Å². The smallest absolute Gasteiger partial charge is 0.364 e. The molecule has 0 radical (unpaired) electrons. The fraction of sp³-hybridized carbons (Fsp3) is 0.600. The Balaban J connectivity index is 2.93. The topological polar surface area (TPSA) is 55.8 Å². The third-order valence-corrected chi connectivity index (χ3v) is 4.20. The second-order valence-electron chi connectivity index (χ2n) is 3.09. The van der Waals surface area contributed by atoms with Crippen LogP contribution >= 0.6 is 7.60 Å². The molecule has 0 spiro atoms. The Morgan fingerprint density at radius 2 is 1.80 bits per heavy atom. The molecule has 0 unspecified atom stereocenters. The summed E-state index contributed by atoms with van der Waals surface area (Å²) in [6.45, 7) is 4.08. The molecule has 1 rings (SSSR count). The van der Waals surface area contributed by atoms with Crippen molar-refractivity contribution in [3.8, 4) is 0 Å². The van der Waals surface area contributed by atoms with Crippen LogP contribution in [0.3, 0.4) is 0 Å². The fourth-order valence-electron chi connectivity index (χ4n) is 1.42. The zero-order valence-electron chi connectivity index (χ0n) is 9.10. The summed E-state index contributed by atoms with van der Waals surface area (Å²) in [5.74, 6) is 0.0199. The van der Waals surface area contributed by atoms with E-state index in [1.54, 1.807) is 26.0 Å². The monoisotopic (exact) mass is 232 g/mol. The molecule has 15 heavy (non-hydrogen) atoms. The van der Waals surface area contributed by atoms with Gasteiger partial charge in [-0.25, -0.2) is 0 Å². The van der Waals surface area contributed by atoms with Gasteiger partial charge in [-0.15, -0.1) is 0 Å². The van der Waals surface area contributed by atoms with Crippen LogP contribution in [0.1, 0.15) is 26.7 Å². The van der Waals surface area contributed by atoms with Crippen molar-refractivity contribution in [2.24, 2.45) is 0 Å². The average molecular weight is 232 g/mol. The maximum Gasteiger partial charge on any atom is 0.364 e. The standard InChI is InChI=1S/C10H17O4P/c1-3-13-15(12,14-4-2)10-8-6-5-7-9(10)11/h7-8,11H,3-6H2,1-2H3. The highest BCUT2D eigenvalue weighted by Gasteiger charge is 2.32. The molecule has 1 N–H and O–H groups in total. The second kappa shape index (κ2) is 5.50. The lowest BCUT2D eigenvalue weighted by molar-refractivity contribution is 0.224. The highest BCUT2D eigenvalue weighted by molar-refractivity contribution is 7.58. The third kappa shape index (κ3) is 2.94. The summed E-state index contributed by atoms with van der Waals surface area (Å²) in [5, 5.41) is 9.92. The molecule has 5 heteroatoms. The van der Waals surface area contributed by atoms with Gasteiger partial charge in [0.1, 0.15) is 11.1 Å². The van der Waals surface area contributed by atoms with Crippen molar-refractivity contribution in [3.63, 3.8) is 0 Å². The van der Waals surface area contributed by atoms with E-state index in [0.717, 1.165) is 12.8 Å². The Kier molecular flexibility index (Phi) is 4.58. The summed E-state index contributed by atoms with van der Waals surface area (Å²) in [6.07, 6.45) is 4.87. The van der Waals surface area contributed by atoms with Gasteiger partial charge in [0.15, 0.2) is 0 Å². The molecule has 1 aliphatic carbocycles. The summed E-state index contributed by atoms with van der Waals surface area (Å²) in [6, 6.07) is 0. The maximum atomic E-state index is 12.3. The van der Waals surface area contributed by atoms with Crippen molar-refractivity contribution < 1.29 is 18.7 Å². The minimum Gasteiger partial charge on any atom is -0.507 e. The third-order valence-electron chi connectivity index (χ3n) is 2.00. The van der Waals surface area contributed by atoms with E-state index < -0.39 is 7.60 Å². The molecular weight excluding hydrogens is 215 g/mol. The van der Waals surface area contributed by atoms with Gasteiger partial charge in [-0.05, 0) is 32.8 Å². The molecule has 0 atom stereocenters. The number of hydrogen-bond acceptors (Lipinski definition) is 4. The second-order valence-corrected chi connectivity index (χ2v) is 5.08. The Labute approximate surface area is 90.1 Å². The highest BCUT2D eigenvalue weighted by Crippen LogP contribution is 2.58. The van der Waals surface area contributed by atoms with Crippen LogP contribution < -0.4 is 0 Å². The van der Waals surface area contributed by atoms with Gasteiger partial charge in [-0.2, -0.15) is 0 Å². The Hall–Kier alpha value is -0.570. The van der Waals surface area contributed by atoms with Crippen molar-refractivity contribution in [1.82, 2.24) is 0 Å². The maximum absolute atomic E-state index is 12.3. The highest BCUT2D eigenvalue weighted by atomic mass is 31.2. The summed E-state index contributed by atoms with van der Waals surface area (Å²) in [5.41, 5.74) is 0. The van der Waals surface area contributed by atoms with Gasteiger partial charge in [0.2, 0.25) is 0 Å². The van der Waals surface area contributed by atoms with E-state index in [2.05, 4.69) is 0 Å². The Bertz CT molecular complexity index is 309. The number of hydrogen-bond donors (Lipinski definition) is 1. The molecule has 0 aromatic rings. The summed E-state index contributed by atoms with van der Waals surface area (Å²) < 4.78 is 22.6. The van der Waals surface area contributed by atoms with E-state index in [1.807, 2.05) is 0 Å². The predicted octanol–water partition coefficient (Wildman–Crippen LogP) is 3.37. The first kappa shape index (κ1) is 12.5. The molecular formula is C10H17O4P. The molecule has 0 fully saturated rings. The van der Waals surface area contributed by atoms with E-state index in [-0.39, 0.29) is 5.76 Å². The van der Waals surface area contributed by atoms with Crippen molar-refractivity contribution in [2.45, 2.75) is 26.7 Å². The summed E-state index contributed by atoms with van der Waals surface area (Å²) in [4.78, 5) is 0. The van der Waals surface area contributed by atoms with Gasteiger partial charge in [0, 0.05) is 0 Å². The molecule has 0 bridgehead atoms. The number of aliphatic hydroxyl groups excluding tert-OH is 1. The van der Waals surface area contributed by atoms with E-state index in [1.165, 1.54) is 0 Å². The van der Waals surface area contributed by atoms with Crippen LogP contribution in [0.25, 0.3) is 0 Å². The first-order valence-corrected chi connectivity index (χ1v) is 6.67. The molecule has 0 aliphatic heterocycles. The van der Waals surface area contributed by atoms with Gasteiger partial charge in [-0.3, -0.25) is 4.57 Å². The molecule has 1 aliphatic rings. The lowest BCUT2D eigenvalue weighted by Crippen LogP contribution is -2.03. The van der Waals surface area contributed by atoms with Crippen molar-refractivity contribution in [1.29, 1.82) is 0 Å². The first-order chi connectivity index (χ1) is 7.14. The summed E-state index contributed by atoms with van der Waals surface area (Å²) >= 11 is 0. The Morgan fingerprint density at radius 1 is 1.27 bits per heavy atom. The van der Waals surface area contributed by atoms with Gasteiger partial charge >= 0.3 is 7.60 Å². The minimum atomic E-state index is -3.31. The minimum absolute atomic E-state index is 0.0199. The molecule has 0 amide bonds. The average Bonchev–Trinajstić information content (AvgIpc) is 2.19. The molecule has 0 heterocycles. The fourth-order valence-corrected chi connectivity index (χ4v) is 3.17. The lowest BCUT2D eigenvalue weighted by atomic mass is 10.2. The van der Waals surface area contributed by atoms with Crippen molar-refractivity contribution in [2.75, 3.05) is 13.2 Å². The Morgan fingerprint density at radius 3 is 2.27 bits per heavy atom. The van der Waals surface area contributed by atoms with Gasteiger partial charge < -0.3 is 14.2 Å². The van der Waals surface area contributed by atoms with Crippen LogP contribution in [0.4, 0.5) is 0 Å². The van der Waals surface area contributed by atoms with E-state index in [4.69, 9.17) is 9.05 Å². The molecule has 4 nitrogen and oxygen atoms in total. The molecule has 0 saturated heterocycles. The van der Waals surface area contributed by atoms with Gasteiger partial charge in [0.25, 0.3) is 0 Å². The largest absolute Gasteiger partial charge is 0.507 e. The zero-order valence-corrected chi connectivity index (χ0v) is 10.00. The quantitative estimate of drug-likeness (QED) is 0.738. The van der Waals surface area contributed by atoms with Crippen molar-refractivity contribution >= 4 is 7.60 Å². The summed E-state index contributed by atoms with van der Waals surface area (Å²) in [7, 11) is -3.31. The van der Waals surface area contributed by atoms with E-state index in [0.29, 0.717) is 18.5 Å². The number of rotatable bonds is 5. The van der Waals surface area contributed by atoms with Crippen LogP contribution in [0.2, 0.25) is 0 Å². The molecule has 0 aromatic heterocycles. The normalized spacial score (nSPS) is 17.2. The van der Waals surface area contributed by atoms with Gasteiger partial charge in [-0.1, -0.05) is 6.08 Å². The SMILES string of the molecule is CCOP(=O)(OCC)C1=CCCC=C1O. The van der Waals surface area contributed by atoms with Crippen LogP contribution in [-0.4, -0.2) is 18.3 Å². The lowest BCUT2D eigenvalue weighted by Gasteiger charge is -2.21. The molecule has 86 valence electrons. The first-order valence-electron chi connectivity index (χ1n) is 5.13.